The molecule has 6 nitrogen and oxygen atoms in total. The number of aromatic hydroxyl groups is 2. The van der Waals surface area contributed by atoms with Crippen molar-refractivity contribution in [3.05, 3.63) is 59.7 Å². The maximum Gasteiger partial charge on any atom is 0.333 e. The Labute approximate surface area is 133 Å². The quantitative estimate of drug-likeness (QED) is 0.729. The SMILES string of the molecule is COC(=O)C(NC(=O)Cc1ccc(O)cc1)c1ccc(O)cc1. The second-order valence-corrected chi connectivity index (χ2v) is 4.96. The van der Waals surface area contributed by atoms with Gasteiger partial charge in [-0.2, -0.15) is 0 Å². The van der Waals surface area contributed by atoms with Gasteiger partial charge in [0, 0.05) is 0 Å². The standard InChI is InChI=1S/C17H17NO5/c1-23-17(22)16(12-4-8-14(20)9-5-12)18-15(21)10-11-2-6-13(19)7-3-11/h2-9,16,19-20H,10H2,1H3,(H,18,21). The van der Waals surface area contributed by atoms with E-state index in [1.54, 1.807) is 12.1 Å². The van der Waals surface area contributed by atoms with Gasteiger partial charge in [-0.25, -0.2) is 4.79 Å². The Kier molecular flexibility index (Phi) is 5.19. The number of phenolic OH excluding ortho intramolecular Hbond substituents is 2. The van der Waals surface area contributed by atoms with Crippen molar-refractivity contribution in [2.45, 2.75) is 12.5 Å². The van der Waals surface area contributed by atoms with Crippen LogP contribution in [0.15, 0.2) is 48.5 Å². The fourth-order valence-electron chi connectivity index (χ4n) is 2.07. The molecule has 2 aromatic rings. The summed E-state index contributed by atoms with van der Waals surface area (Å²) in [7, 11) is 1.24. The summed E-state index contributed by atoms with van der Waals surface area (Å²) in [6, 6.07) is 11.2. The predicted octanol–water partition coefficient (Wildman–Crippen LogP) is 1.67. The van der Waals surface area contributed by atoms with Crippen molar-refractivity contribution in [3.8, 4) is 11.5 Å². The first-order chi connectivity index (χ1) is 11.0. The zero-order chi connectivity index (χ0) is 16.8. The Morgan fingerprint density at radius 3 is 2.04 bits per heavy atom. The normalized spacial score (nSPS) is 11.5. The molecule has 0 saturated heterocycles. The summed E-state index contributed by atoms with van der Waals surface area (Å²) in [4.78, 5) is 24.0. The number of carbonyl (C=O) groups is 2. The summed E-state index contributed by atoms with van der Waals surface area (Å²) in [5.74, 6) is -0.785. The molecule has 0 saturated carbocycles. The molecule has 1 amide bonds. The number of nitrogens with one attached hydrogen (secondary N) is 1. The van der Waals surface area contributed by atoms with Crippen molar-refractivity contribution in [2.24, 2.45) is 0 Å². The topological polar surface area (TPSA) is 95.9 Å². The van der Waals surface area contributed by atoms with Crippen LogP contribution in [0, 0.1) is 0 Å². The second-order valence-electron chi connectivity index (χ2n) is 4.96. The third kappa shape index (κ3) is 4.47. The lowest BCUT2D eigenvalue weighted by molar-refractivity contribution is -0.145. The molecule has 1 atom stereocenters. The van der Waals surface area contributed by atoms with Crippen LogP contribution in [0.1, 0.15) is 17.2 Å². The summed E-state index contributed by atoms with van der Waals surface area (Å²) < 4.78 is 4.71. The van der Waals surface area contributed by atoms with Crippen molar-refractivity contribution < 1.29 is 24.5 Å². The maximum atomic E-state index is 12.1. The van der Waals surface area contributed by atoms with Gasteiger partial charge in [0.15, 0.2) is 6.04 Å². The Bertz CT molecular complexity index is 679. The number of hydrogen-bond acceptors (Lipinski definition) is 5. The van der Waals surface area contributed by atoms with Gasteiger partial charge < -0.3 is 20.3 Å². The molecule has 0 spiro atoms. The molecule has 0 fully saturated rings. The van der Waals surface area contributed by atoms with Crippen molar-refractivity contribution in [1.29, 1.82) is 0 Å². The molecule has 120 valence electrons. The monoisotopic (exact) mass is 315 g/mol. The highest BCUT2D eigenvalue weighted by Gasteiger charge is 2.23. The molecule has 2 rings (SSSR count). The first-order valence-electron chi connectivity index (χ1n) is 6.93. The number of hydrogen-bond donors (Lipinski definition) is 3. The molecule has 0 aliphatic heterocycles. The van der Waals surface area contributed by atoms with Crippen molar-refractivity contribution >= 4 is 11.9 Å². The van der Waals surface area contributed by atoms with Gasteiger partial charge in [0.25, 0.3) is 0 Å². The van der Waals surface area contributed by atoms with Gasteiger partial charge in [-0.05, 0) is 35.4 Å². The summed E-state index contributed by atoms with van der Waals surface area (Å²) in [5, 5.41) is 21.1. The van der Waals surface area contributed by atoms with Crippen molar-refractivity contribution in [1.82, 2.24) is 5.32 Å². The largest absolute Gasteiger partial charge is 0.508 e. The van der Waals surface area contributed by atoms with Crippen LogP contribution in [0.2, 0.25) is 0 Å². The van der Waals surface area contributed by atoms with E-state index in [1.165, 1.54) is 43.5 Å². The highest BCUT2D eigenvalue weighted by Crippen LogP contribution is 2.18. The molecule has 6 heteroatoms. The number of rotatable bonds is 5. The van der Waals surface area contributed by atoms with Crippen LogP contribution in [0.5, 0.6) is 11.5 Å². The zero-order valence-electron chi connectivity index (χ0n) is 12.5. The lowest BCUT2D eigenvalue weighted by Gasteiger charge is -2.17. The highest BCUT2D eigenvalue weighted by molar-refractivity contribution is 5.86. The molecule has 0 radical (unpaired) electrons. The van der Waals surface area contributed by atoms with E-state index in [9.17, 15) is 19.8 Å². The van der Waals surface area contributed by atoms with Gasteiger partial charge in [0.2, 0.25) is 5.91 Å². The zero-order valence-corrected chi connectivity index (χ0v) is 12.5. The van der Waals surface area contributed by atoms with E-state index in [1.807, 2.05) is 0 Å². The first-order valence-corrected chi connectivity index (χ1v) is 6.93. The molecular formula is C17H17NO5. The Morgan fingerprint density at radius 1 is 1.00 bits per heavy atom. The predicted molar refractivity (Wildman–Crippen MR) is 82.8 cm³/mol. The van der Waals surface area contributed by atoms with Crippen LogP contribution < -0.4 is 5.32 Å². The molecule has 0 heterocycles. The highest BCUT2D eigenvalue weighted by atomic mass is 16.5. The lowest BCUT2D eigenvalue weighted by Crippen LogP contribution is -2.35. The van der Waals surface area contributed by atoms with Gasteiger partial charge in [0.1, 0.15) is 11.5 Å². The summed E-state index contributed by atoms with van der Waals surface area (Å²) in [6.07, 6.45) is 0.0614. The van der Waals surface area contributed by atoms with E-state index in [4.69, 9.17) is 4.74 Å². The van der Waals surface area contributed by atoms with Gasteiger partial charge in [-0.15, -0.1) is 0 Å². The maximum absolute atomic E-state index is 12.1. The van der Waals surface area contributed by atoms with Gasteiger partial charge in [0.05, 0.1) is 13.5 Å². The van der Waals surface area contributed by atoms with Crippen molar-refractivity contribution in [2.75, 3.05) is 7.11 Å². The molecular weight excluding hydrogens is 298 g/mol. The van der Waals surface area contributed by atoms with Gasteiger partial charge in [-0.3, -0.25) is 4.79 Å². The fourth-order valence-corrected chi connectivity index (χ4v) is 2.07. The molecule has 23 heavy (non-hydrogen) atoms. The molecule has 3 N–H and O–H groups in total. The third-order valence-corrected chi connectivity index (χ3v) is 3.27. The van der Waals surface area contributed by atoms with E-state index in [0.29, 0.717) is 11.1 Å². The summed E-state index contributed by atoms with van der Waals surface area (Å²) in [5.41, 5.74) is 1.21. The average molecular weight is 315 g/mol. The summed E-state index contributed by atoms with van der Waals surface area (Å²) in [6.45, 7) is 0. The van der Waals surface area contributed by atoms with Crippen LogP contribution in [-0.4, -0.2) is 29.2 Å². The number of phenols is 2. The van der Waals surface area contributed by atoms with Crippen LogP contribution in [0.3, 0.4) is 0 Å². The van der Waals surface area contributed by atoms with Crippen LogP contribution in [0.4, 0.5) is 0 Å². The number of ether oxygens (including phenoxy) is 1. The van der Waals surface area contributed by atoms with E-state index >= 15 is 0 Å². The first kappa shape index (κ1) is 16.4. The Balaban J connectivity index is 2.11. The van der Waals surface area contributed by atoms with E-state index in [2.05, 4.69) is 5.32 Å². The average Bonchev–Trinajstić information content (AvgIpc) is 2.55. The van der Waals surface area contributed by atoms with Gasteiger partial charge >= 0.3 is 5.97 Å². The molecule has 0 aromatic heterocycles. The minimum absolute atomic E-state index is 0.0614. The van der Waals surface area contributed by atoms with E-state index < -0.39 is 12.0 Å². The van der Waals surface area contributed by atoms with Crippen LogP contribution in [0.25, 0.3) is 0 Å². The minimum Gasteiger partial charge on any atom is -0.508 e. The van der Waals surface area contributed by atoms with Crippen molar-refractivity contribution in [3.63, 3.8) is 0 Å². The molecule has 2 aromatic carbocycles. The van der Waals surface area contributed by atoms with Gasteiger partial charge in [-0.1, -0.05) is 24.3 Å². The molecule has 0 aliphatic rings. The number of esters is 1. The number of methoxy groups -OCH3 is 1. The fraction of sp³-hybridized carbons (Fsp3) is 0.176. The van der Waals surface area contributed by atoms with Crippen LogP contribution >= 0.6 is 0 Å². The molecule has 0 bridgehead atoms. The molecule has 0 aliphatic carbocycles. The molecule has 1 unspecified atom stereocenters. The van der Waals surface area contributed by atoms with E-state index in [-0.39, 0.29) is 23.8 Å². The van der Waals surface area contributed by atoms with Crippen LogP contribution in [-0.2, 0) is 20.7 Å². The third-order valence-electron chi connectivity index (χ3n) is 3.27. The minimum atomic E-state index is -0.954. The number of carbonyl (C=O) groups excluding carboxylic acids is 2. The Morgan fingerprint density at radius 2 is 1.52 bits per heavy atom. The second kappa shape index (κ2) is 7.31. The number of benzene rings is 2. The smallest absolute Gasteiger partial charge is 0.333 e. The Hall–Kier alpha value is -3.02. The lowest BCUT2D eigenvalue weighted by atomic mass is 10.1. The van der Waals surface area contributed by atoms with E-state index in [0.717, 1.165) is 0 Å². The number of amides is 1. The summed E-state index contributed by atoms with van der Waals surface area (Å²) >= 11 is 0.